The van der Waals surface area contributed by atoms with Gasteiger partial charge in [0.2, 0.25) is 5.91 Å². The first-order chi connectivity index (χ1) is 8.45. The summed E-state index contributed by atoms with van der Waals surface area (Å²) in [5, 5.41) is 3.54. The quantitative estimate of drug-likeness (QED) is 0.757. The molecule has 0 aromatic heterocycles. The number of unbranched alkanes of at least 4 members (excludes halogenated alkanes) is 1. The maximum atomic E-state index is 12.4. The molecule has 0 saturated carbocycles. The third kappa shape index (κ3) is 4.27. The van der Waals surface area contributed by atoms with Gasteiger partial charge in [0.15, 0.2) is 0 Å². The Morgan fingerprint density at radius 2 is 1.89 bits per heavy atom. The predicted octanol–water partition coefficient (Wildman–Crippen LogP) is 3.01. The molecule has 2 unspecified atom stereocenters. The smallest absolute Gasteiger partial charge is 0.241 e. The van der Waals surface area contributed by atoms with E-state index in [-0.39, 0.29) is 12.2 Å². The van der Waals surface area contributed by atoms with Crippen LogP contribution in [0.4, 0.5) is 0 Å². The second-order valence-corrected chi connectivity index (χ2v) is 6.39. The lowest BCUT2D eigenvalue weighted by Crippen LogP contribution is -2.40. The molecule has 1 heterocycles. The van der Waals surface area contributed by atoms with Gasteiger partial charge < -0.3 is 4.90 Å². The molecule has 1 saturated heterocycles. The van der Waals surface area contributed by atoms with E-state index >= 15 is 0 Å². The van der Waals surface area contributed by atoms with Crippen LogP contribution >= 0.6 is 0 Å². The van der Waals surface area contributed by atoms with Crippen LogP contribution in [0.3, 0.4) is 0 Å². The van der Waals surface area contributed by atoms with Gasteiger partial charge >= 0.3 is 0 Å². The minimum absolute atomic E-state index is 0.0625. The van der Waals surface area contributed by atoms with E-state index in [1.165, 1.54) is 0 Å². The molecule has 3 heteroatoms. The van der Waals surface area contributed by atoms with Crippen LogP contribution in [-0.2, 0) is 4.79 Å². The van der Waals surface area contributed by atoms with Crippen molar-refractivity contribution in [2.24, 2.45) is 11.8 Å². The average molecular weight is 254 g/mol. The summed E-state index contributed by atoms with van der Waals surface area (Å²) in [4.78, 5) is 14.5. The van der Waals surface area contributed by atoms with E-state index in [9.17, 15) is 4.79 Å². The van der Waals surface area contributed by atoms with Gasteiger partial charge in [0.05, 0.1) is 12.2 Å². The Morgan fingerprint density at radius 3 is 2.39 bits per heavy atom. The minimum atomic E-state index is 0.0625. The first-order valence-electron chi connectivity index (χ1n) is 7.52. The van der Waals surface area contributed by atoms with Crippen molar-refractivity contribution < 1.29 is 4.79 Å². The highest BCUT2D eigenvalue weighted by atomic mass is 16.2. The maximum Gasteiger partial charge on any atom is 0.241 e. The van der Waals surface area contributed by atoms with Crippen molar-refractivity contribution in [3.05, 3.63) is 0 Å². The molecule has 0 aromatic carbocycles. The van der Waals surface area contributed by atoms with Crippen molar-refractivity contribution in [3.63, 3.8) is 0 Å². The molecule has 0 spiro atoms. The molecule has 1 aliphatic rings. The van der Waals surface area contributed by atoms with Gasteiger partial charge in [-0.25, -0.2) is 0 Å². The molecule has 1 aliphatic heterocycles. The average Bonchev–Trinajstić information content (AvgIpc) is 2.53. The molecule has 0 radical (unpaired) electrons. The zero-order valence-electron chi connectivity index (χ0n) is 12.7. The standard InChI is InChI=1S/C15H30N2O/c1-6-7-8-13-15(18)17(10-12(4)5)14(16-13)9-11(2)3/h11-14,16H,6-10H2,1-5H3. The van der Waals surface area contributed by atoms with E-state index in [0.717, 1.165) is 32.2 Å². The number of nitrogens with one attached hydrogen (secondary N) is 1. The molecule has 106 valence electrons. The largest absolute Gasteiger partial charge is 0.326 e. The molecule has 0 aliphatic carbocycles. The molecule has 18 heavy (non-hydrogen) atoms. The van der Waals surface area contributed by atoms with Crippen LogP contribution in [0.5, 0.6) is 0 Å². The first-order valence-corrected chi connectivity index (χ1v) is 7.52. The van der Waals surface area contributed by atoms with Crippen LogP contribution < -0.4 is 5.32 Å². The van der Waals surface area contributed by atoms with Gasteiger partial charge in [-0.2, -0.15) is 0 Å². The first kappa shape index (κ1) is 15.5. The fourth-order valence-electron chi connectivity index (χ4n) is 2.61. The fourth-order valence-corrected chi connectivity index (χ4v) is 2.61. The highest BCUT2D eigenvalue weighted by molar-refractivity contribution is 5.84. The van der Waals surface area contributed by atoms with E-state index < -0.39 is 0 Å². The Hall–Kier alpha value is -0.570. The number of nitrogens with zero attached hydrogens (tertiary/aromatic N) is 1. The van der Waals surface area contributed by atoms with E-state index in [0.29, 0.717) is 17.7 Å². The van der Waals surface area contributed by atoms with E-state index in [1.807, 2.05) is 0 Å². The van der Waals surface area contributed by atoms with E-state index in [1.54, 1.807) is 0 Å². The SMILES string of the molecule is CCCCC1NC(CC(C)C)N(CC(C)C)C1=O. The van der Waals surface area contributed by atoms with E-state index in [2.05, 4.69) is 44.8 Å². The zero-order chi connectivity index (χ0) is 13.7. The third-order valence-corrected chi connectivity index (χ3v) is 3.45. The Balaban J connectivity index is 2.65. The number of carbonyl (C=O) groups excluding carboxylic acids is 1. The summed E-state index contributed by atoms with van der Waals surface area (Å²) in [6, 6.07) is 0.0625. The summed E-state index contributed by atoms with van der Waals surface area (Å²) in [7, 11) is 0. The Kier molecular flexibility index (Phi) is 6.13. The van der Waals surface area contributed by atoms with Gasteiger partial charge in [-0.05, 0) is 24.7 Å². The maximum absolute atomic E-state index is 12.4. The Morgan fingerprint density at radius 1 is 1.22 bits per heavy atom. The highest BCUT2D eigenvalue weighted by Crippen LogP contribution is 2.21. The number of amides is 1. The van der Waals surface area contributed by atoms with Crippen LogP contribution in [0.2, 0.25) is 0 Å². The van der Waals surface area contributed by atoms with Gasteiger partial charge in [-0.3, -0.25) is 10.1 Å². The van der Waals surface area contributed by atoms with Crippen molar-refractivity contribution in [3.8, 4) is 0 Å². The summed E-state index contributed by atoms with van der Waals surface area (Å²) >= 11 is 0. The lowest BCUT2D eigenvalue weighted by molar-refractivity contribution is -0.130. The Bertz CT molecular complexity index is 263. The number of carbonyl (C=O) groups is 1. The monoisotopic (exact) mass is 254 g/mol. The summed E-state index contributed by atoms with van der Waals surface area (Å²) in [5.41, 5.74) is 0. The summed E-state index contributed by atoms with van der Waals surface area (Å²) in [6.45, 7) is 11.9. The molecule has 1 rings (SSSR count). The summed E-state index contributed by atoms with van der Waals surface area (Å²) < 4.78 is 0. The molecule has 1 N–H and O–H groups in total. The highest BCUT2D eigenvalue weighted by Gasteiger charge is 2.38. The second kappa shape index (κ2) is 7.13. The fraction of sp³-hybridized carbons (Fsp3) is 0.933. The number of hydrogen-bond donors (Lipinski definition) is 1. The molecule has 1 amide bonds. The predicted molar refractivity (Wildman–Crippen MR) is 76.2 cm³/mol. The Labute approximate surface area is 112 Å². The summed E-state index contributed by atoms with van der Waals surface area (Å²) in [6.07, 6.45) is 4.58. The molecule has 0 aromatic rings. The lowest BCUT2D eigenvalue weighted by atomic mass is 10.1. The van der Waals surface area contributed by atoms with Gasteiger partial charge in [0.25, 0.3) is 0 Å². The van der Waals surface area contributed by atoms with Crippen molar-refractivity contribution >= 4 is 5.91 Å². The van der Waals surface area contributed by atoms with Crippen LogP contribution in [0.25, 0.3) is 0 Å². The molecule has 0 bridgehead atoms. The molecular formula is C15H30N2O. The molecular weight excluding hydrogens is 224 g/mol. The minimum Gasteiger partial charge on any atom is -0.326 e. The normalized spacial score (nSPS) is 24.6. The number of hydrogen-bond acceptors (Lipinski definition) is 2. The van der Waals surface area contributed by atoms with Gasteiger partial charge in [-0.1, -0.05) is 47.5 Å². The van der Waals surface area contributed by atoms with Crippen molar-refractivity contribution in [1.82, 2.24) is 10.2 Å². The van der Waals surface area contributed by atoms with Crippen LogP contribution in [0, 0.1) is 11.8 Å². The van der Waals surface area contributed by atoms with Crippen LogP contribution in [0.15, 0.2) is 0 Å². The third-order valence-electron chi connectivity index (χ3n) is 3.45. The number of rotatable bonds is 7. The zero-order valence-corrected chi connectivity index (χ0v) is 12.7. The van der Waals surface area contributed by atoms with Gasteiger partial charge in [0, 0.05) is 6.54 Å². The topological polar surface area (TPSA) is 32.3 Å². The molecule has 1 fully saturated rings. The summed E-state index contributed by atoms with van der Waals surface area (Å²) in [5.74, 6) is 1.48. The second-order valence-electron chi connectivity index (χ2n) is 6.39. The lowest BCUT2D eigenvalue weighted by Gasteiger charge is -2.27. The van der Waals surface area contributed by atoms with Crippen molar-refractivity contribution in [2.45, 2.75) is 72.5 Å². The van der Waals surface area contributed by atoms with E-state index in [4.69, 9.17) is 0 Å². The van der Waals surface area contributed by atoms with Crippen molar-refractivity contribution in [2.75, 3.05) is 6.54 Å². The van der Waals surface area contributed by atoms with Crippen LogP contribution in [0.1, 0.15) is 60.3 Å². The molecule has 2 atom stereocenters. The van der Waals surface area contributed by atoms with Crippen LogP contribution in [-0.4, -0.2) is 29.6 Å². The van der Waals surface area contributed by atoms with Crippen molar-refractivity contribution in [1.29, 1.82) is 0 Å². The van der Waals surface area contributed by atoms with Gasteiger partial charge in [0.1, 0.15) is 0 Å². The van der Waals surface area contributed by atoms with Gasteiger partial charge in [-0.15, -0.1) is 0 Å². The molecule has 3 nitrogen and oxygen atoms in total.